The standard InChI is InChI=1S/C15H21N3O/c1-3-18(4-2)11-5-6-15(19)17-14-9-7-13(12-16)8-10-14/h7-10H,3-6,11H2,1-2H3,(H,17,19). The number of hydrogen-bond acceptors (Lipinski definition) is 3. The van der Waals surface area contributed by atoms with Gasteiger partial charge in [-0.15, -0.1) is 0 Å². The Kier molecular flexibility index (Phi) is 6.62. The minimum Gasteiger partial charge on any atom is -0.326 e. The van der Waals surface area contributed by atoms with Crippen LogP contribution < -0.4 is 5.32 Å². The van der Waals surface area contributed by atoms with Gasteiger partial charge in [0.25, 0.3) is 0 Å². The topological polar surface area (TPSA) is 56.1 Å². The van der Waals surface area contributed by atoms with Gasteiger partial charge in [-0.25, -0.2) is 0 Å². The highest BCUT2D eigenvalue weighted by Crippen LogP contribution is 2.09. The molecule has 1 rings (SSSR count). The van der Waals surface area contributed by atoms with Crippen molar-refractivity contribution in [1.29, 1.82) is 5.26 Å². The average molecular weight is 259 g/mol. The van der Waals surface area contributed by atoms with Gasteiger partial charge in [0.1, 0.15) is 0 Å². The van der Waals surface area contributed by atoms with Gasteiger partial charge in [0.2, 0.25) is 5.91 Å². The molecular weight excluding hydrogens is 238 g/mol. The summed E-state index contributed by atoms with van der Waals surface area (Å²) in [5.74, 6) is 0.0249. The Morgan fingerprint density at radius 3 is 2.42 bits per heavy atom. The van der Waals surface area contributed by atoms with Crippen LogP contribution in [0.15, 0.2) is 24.3 Å². The van der Waals surface area contributed by atoms with Gasteiger partial charge in [-0.05, 0) is 50.3 Å². The fraction of sp³-hybridized carbons (Fsp3) is 0.467. The zero-order valence-electron chi connectivity index (χ0n) is 11.6. The molecule has 0 bridgehead atoms. The second kappa shape index (κ2) is 8.28. The molecule has 0 spiro atoms. The second-order valence-corrected chi connectivity index (χ2v) is 4.37. The summed E-state index contributed by atoms with van der Waals surface area (Å²) in [4.78, 5) is 14.0. The SMILES string of the molecule is CCN(CC)CCCC(=O)Nc1ccc(C#N)cc1. The number of nitrogens with zero attached hydrogens (tertiary/aromatic N) is 2. The predicted octanol–water partition coefficient (Wildman–Crippen LogP) is 2.62. The van der Waals surface area contributed by atoms with Crippen molar-refractivity contribution in [1.82, 2.24) is 4.90 Å². The molecule has 4 heteroatoms. The Bertz CT molecular complexity index is 430. The summed E-state index contributed by atoms with van der Waals surface area (Å²) < 4.78 is 0. The lowest BCUT2D eigenvalue weighted by Gasteiger charge is -2.17. The van der Waals surface area contributed by atoms with Crippen molar-refractivity contribution in [3.63, 3.8) is 0 Å². The number of carbonyl (C=O) groups excluding carboxylic acids is 1. The van der Waals surface area contributed by atoms with E-state index in [4.69, 9.17) is 5.26 Å². The number of rotatable bonds is 7. The van der Waals surface area contributed by atoms with Crippen LogP contribution in [0.5, 0.6) is 0 Å². The van der Waals surface area contributed by atoms with Crippen molar-refractivity contribution in [2.75, 3.05) is 25.0 Å². The van der Waals surface area contributed by atoms with Gasteiger partial charge in [0.05, 0.1) is 11.6 Å². The van der Waals surface area contributed by atoms with E-state index < -0.39 is 0 Å². The highest BCUT2D eigenvalue weighted by molar-refractivity contribution is 5.90. The van der Waals surface area contributed by atoms with E-state index in [0.29, 0.717) is 12.0 Å². The molecule has 0 aliphatic heterocycles. The van der Waals surface area contributed by atoms with Crippen LogP contribution in [0.2, 0.25) is 0 Å². The monoisotopic (exact) mass is 259 g/mol. The third kappa shape index (κ3) is 5.54. The lowest BCUT2D eigenvalue weighted by atomic mass is 10.2. The van der Waals surface area contributed by atoms with Crippen LogP contribution in [0.25, 0.3) is 0 Å². The molecule has 0 radical (unpaired) electrons. The first-order valence-electron chi connectivity index (χ1n) is 6.72. The van der Waals surface area contributed by atoms with Crippen molar-refractivity contribution in [3.05, 3.63) is 29.8 Å². The zero-order chi connectivity index (χ0) is 14.1. The molecule has 4 nitrogen and oxygen atoms in total. The summed E-state index contributed by atoms with van der Waals surface area (Å²) in [5, 5.41) is 11.5. The van der Waals surface area contributed by atoms with Gasteiger partial charge < -0.3 is 10.2 Å². The first-order chi connectivity index (χ1) is 9.19. The number of nitriles is 1. The Hall–Kier alpha value is -1.86. The average Bonchev–Trinajstić information content (AvgIpc) is 2.44. The van der Waals surface area contributed by atoms with Crippen LogP contribution in [-0.2, 0) is 4.79 Å². The maximum Gasteiger partial charge on any atom is 0.224 e. The molecule has 0 aliphatic rings. The van der Waals surface area contributed by atoms with E-state index in [2.05, 4.69) is 24.1 Å². The first-order valence-corrected chi connectivity index (χ1v) is 6.72. The molecule has 1 aromatic carbocycles. The van der Waals surface area contributed by atoms with Crippen LogP contribution in [0.4, 0.5) is 5.69 Å². The zero-order valence-corrected chi connectivity index (χ0v) is 11.6. The summed E-state index contributed by atoms with van der Waals surface area (Å²) >= 11 is 0. The number of amides is 1. The lowest BCUT2D eigenvalue weighted by molar-refractivity contribution is -0.116. The molecule has 0 saturated carbocycles. The molecule has 0 atom stereocenters. The van der Waals surface area contributed by atoms with Crippen LogP contribution in [0.1, 0.15) is 32.3 Å². The van der Waals surface area contributed by atoms with Gasteiger partial charge in [0, 0.05) is 12.1 Å². The molecule has 0 saturated heterocycles. The number of nitrogens with one attached hydrogen (secondary N) is 1. The summed E-state index contributed by atoms with van der Waals surface area (Å²) in [6.45, 7) is 7.25. The fourth-order valence-electron chi connectivity index (χ4n) is 1.85. The number of benzene rings is 1. The van der Waals surface area contributed by atoms with Crippen molar-refractivity contribution in [3.8, 4) is 6.07 Å². The van der Waals surface area contributed by atoms with Gasteiger partial charge in [-0.3, -0.25) is 4.79 Å². The van der Waals surface area contributed by atoms with Crippen LogP contribution >= 0.6 is 0 Å². The Balaban J connectivity index is 2.32. The maximum atomic E-state index is 11.7. The molecule has 0 heterocycles. The third-order valence-electron chi connectivity index (χ3n) is 3.07. The molecule has 0 aromatic heterocycles. The van der Waals surface area contributed by atoms with Crippen LogP contribution in [0.3, 0.4) is 0 Å². The molecule has 0 unspecified atom stereocenters. The van der Waals surface area contributed by atoms with Gasteiger partial charge in [-0.2, -0.15) is 5.26 Å². The van der Waals surface area contributed by atoms with Crippen molar-refractivity contribution >= 4 is 11.6 Å². The number of carbonyl (C=O) groups is 1. The minimum atomic E-state index is 0.0249. The van der Waals surface area contributed by atoms with Gasteiger partial charge in [0.15, 0.2) is 0 Å². The van der Waals surface area contributed by atoms with Crippen LogP contribution in [-0.4, -0.2) is 30.4 Å². The summed E-state index contributed by atoms with van der Waals surface area (Å²) in [5.41, 5.74) is 1.34. The molecule has 102 valence electrons. The van der Waals surface area contributed by atoms with Gasteiger partial charge in [-0.1, -0.05) is 13.8 Å². The smallest absolute Gasteiger partial charge is 0.224 e. The van der Waals surface area contributed by atoms with E-state index in [1.54, 1.807) is 24.3 Å². The molecule has 0 aliphatic carbocycles. The molecule has 1 aromatic rings. The maximum absolute atomic E-state index is 11.7. The van der Waals surface area contributed by atoms with Crippen LogP contribution in [0, 0.1) is 11.3 Å². The predicted molar refractivity (Wildman–Crippen MR) is 76.8 cm³/mol. The molecule has 1 amide bonds. The molecular formula is C15H21N3O. The Morgan fingerprint density at radius 2 is 1.89 bits per heavy atom. The van der Waals surface area contributed by atoms with Crippen molar-refractivity contribution in [2.24, 2.45) is 0 Å². The third-order valence-corrected chi connectivity index (χ3v) is 3.07. The van der Waals surface area contributed by atoms with Crippen molar-refractivity contribution < 1.29 is 4.79 Å². The fourth-order valence-corrected chi connectivity index (χ4v) is 1.85. The molecule has 19 heavy (non-hydrogen) atoms. The van der Waals surface area contributed by atoms with E-state index in [-0.39, 0.29) is 5.91 Å². The largest absolute Gasteiger partial charge is 0.326 e. The second-order valence-electron chi connectivity index (χ2n) is 4.37. The number of anilines is 1. The minimum absolute atomic E-state index is 0.0249. The van der Waals surface area contributed by atoms with E-state index >= 15 is 0 Å². The van der Waals surface area contributed by atoms with E-state index in [0.717, 1.165) is 31.7 Å². The highest BCUT2D eigenvalue weighted by atomic mass is 16.1. The summed E-state index contributed by atoms with van der Waals surface area (Å²) in [6.07, 6.45) is 1.39. The quantitative estimate of drug-likeness (QED) is 0.819. The highest BCUT2D eigenvalue weighted by Gasteiger charge is 2.04. The Morgan fingerprint density at radius 1 is 1.26 bits per heavy atom. The normalized spacial score (nSPS) is 10.2. The summed E-state index contributed by atoms with van der Waals surface area (Å²) in [6, 6.07) is 8.95. The first kappa shape index (κ1) is 15.2. The molecule has 1 N–H and O–H groups in total. The van der Waals surface area contributed by atoms with E-state index in [1.165, 1.54) is 0 Å². The number of hydrogen-bond donors (Lipinski definition) is 1. The molecule has 0 fully saturated rings. The van der Waals surface area contributed by atoms with Crippen molar-refractivity contribution in [2.45, 2.75) is 26.7 Å². The van der Waals surface area contributed by atoms with Gasteiger partial charge >= 0.3 is 0 Å². The lowest BCUT2D eigenvalue weighted by Crippen LogP contribution is -2.25. The van der Waals surface area contributed by atoms with E-state index in [9.17, 15) is 4.79 Å². The Labute approximate surface area is 115 Å². The van der Waals surface area contributed by atoms with E-state index in [1.807, 2.05) is 6.07 Å². The summed E-state index contributed by atoms with van der Waals surface area (Å²) in [7, 11) is 0.